The molecular formula is C48H33N3O. The summed E-state index contributed by atoms with van der Waals surface area (Å²) in [5.74, 6) is 1.88. The fourth-order valence-corrected chi connectivity index (χ4v) is 8.12. The van der Waals surface area contributed by atoms with Gasteiger partial charge in [0.05, 0.1) is 0 Å². The van der Waals surface area contributed by atoms with E-state index in [0.29, 0.717) is 17.5 Å². The first-order chi connectivity index (χ1) is 25.5. The zero-order valence-corrected chi connectivity index (χ0v) is 28.8. The van der Waals surface area contributed by atoms with E-state index in [1.165, 1.54) is 33.4 Å². The van der Waals surface area contributed by atoms with Crippen molar-refractivity contribution in [1.82, 2.24) is 15.0 Å². The third kappa shape index (κ3) is 4.72. The highest BCUT2D eigenvalue weighted by Crippen LogP contribution is 2.55. The summed E-state index contributed by atoms with van der Waals surface area (Å²) in [7, 11) is 0. The summed E-state index contributed by atoms with van der Waals surface area (Å²) in [6.45, 7) is 4.63. The Morgan fingerprint density at radius 3 is 1.73 bits per heavy atom. The number of furan rings is 1. The lowest BCUT2D eigenvalue weighted by Crippen LogP contribution is -2.17. The minimum Gasteiger partial charge on any atom is -0.456 e. The van der Waals surface area contributed by atoms with Crippen LogP contribution in [0.25, 0.3) is 89.5 Å². The molecule has 9 aromatic rings. The van der Waals surface area contributed by atoms with Gasteiger partial charge in [0, 0.05) is 32.9 Å². The van der Waals surface area contributed by atoms with Crippen LogP contribution in [0, 0.1) is 0 Å². The minimum absolute atomic E-state index is 0.282. The van der Waals surface area contributed by atoms with Crippen molar-refractivity contribution in [3.05, 3.63) is 175 Å². The molecule has 0 aliphatic heterocycles. The molecule has 0 amide bonds. The first kappa shape index (κ1) is 30.2. The lowest BCUT2D eigenvalue weighted by Gasteiger charge is -2.25. The third-order valence-corrected chi connectivity index (χ3v) is 10.5. The Kier molecular flexibility index (Phi) is 6.80. The van der Waals surface area contributed by atoms with Crippen LogP contribution in [0.4, 0.5) is 0 Å². The van der Waals surface area contributed by atoms with Gasteiger partial charge in [-0.05, 0) is 62.7 Å². The van der Waals surface area contributed by atoms with Gasteiger partial charge in [-0.2, -0.15) is 0 Å². The van der Waals surface area contributed by atoms with E-state index in [9.17, 15) is 0 Å². The van der Waals surface area contributed by atoms with Crippen LogP contribution >= 0.6 is 0 Å². The zero-order valence-electron chi connectivity index (χ0n) is 28.8. The predicted molar refractivity (Wildman–Crippen MR) is 212 cm³/mol. The molecule has 4 heteroatoms. The normalized spacial score (nSPS) is 13.0. The highest BCUT2D eigenvalue weighted by atomic mass is 16.3. The Bertz CT molecular complexity index is 2800. The molecule has 1 aliphatic rings. The smallest absolute Gasteiger partial charge is 0.164 e. The molecule has 0 spiro atoms. The van der Waals surface area contributed by atoms with Gasteiger partial charge in [-0.15, -0.1) is 0 Å². The lowest BCUT2D eigenvalue weighted by atomic mass is 9.79. The quantitative estimate of drug-likeness (QED) is 0.183. The van der Waals surface area contributed by atoms with Crippen molar-refractivity contribution in [1.29, 1.82) is 0 Å². The van der Waals surface area contributed by atoms with Gasteiger partial charge in [0.2, 0.25) is 0 Å². The van der Waals surface area contributed by atoms with Gasteiger partial charge in [0.15, 0.2) is 17.5 Å². The first-order valence-corrected chi connectivity index (χ1v) is 17.7. The number of hydrogen-bond acceptors (Lipinski definition) is 4. The minimum atomic E-state index is -0.282. The molecular weight excluding hydrogens is 635 g/mol. The fraction of sp³-hybridized carbons (Fsp3) is 0.0625. The fourth-order valence-electron chi connectivity index (χ4n) is 8.12. The molecule has 0 radical (unpaired) electrons. The Balaban J connectivity index is 1.20. The van der Waals surface area contributed by atoms with Gasteiger partial charge >= 0.3 is 0 Å². The van der Waals surface area contributed by atoms with E-state index in [2.05, 4.69) is 147 Å². The van der Waals surface area contributed by atoms with E-state index < -0.39 is 0 Å². The van der Waals surface area contributed by atoms with Crippen molar-refractivity contribution in [2.24, 2.45) is 0 Å². The van der Waals surface area contributed by atoms with Gasteiger partial charge in [-0.25, -0.2) is 15.0 Å². The summed E-state index contributed by atoms with van der Waals surface area (Å²) in [5.41, 5.74) is 13.9. The van der Waals surface area contributed by atoms with Crippen LogP contribution in [-0.4, -0.2) is 15.0 Å². The summed E-state index contributed by atoms with van der Waals surface area (Å²) in [6, 6.07) is 57.1. The molecule has 7 aromatic carbocycles. The van der Waals surface area contributed by atoms with E-state index in [1.807, 2.05) is 30.3 Å². The molecule has 246 valence electrons. The standard InChI is InChI=1S/C48H33N3O/c1-48(2)39-23-13-12-21-36(39)43-35(31-17-8-4-9-18-31)27-28-38(44(43)48)47-50-45(32-19-10-5-11-20-32)49-46(51-47)33-25-26-37-41(29-33)52-40-24-14-22-34(42(37)40)30-15-6-3-7-16-30/h3-29H,1-2H3. The molecule has 0 bridgehead atoms. The number of hydrogen-bond donors (Lipinski definition) is 0. The van der Waals surface area contributed by atoms with Crippen molar-refractivity contribution in [3.63, 3.8) is 0 Å². The second-order valence-electron chi connectivity index (χ2n) is 14.0. The maximum Gasteiger partial charge on any atom is 0.164 e. The average Bonchev–Trinajstić information content (AvgIpc) is 3.70. The molecule has 0 fully saturated rings. The third-order valence-electron chi connectivity index (χ3n) is 10.5. The number of benzene rings is 7. The summed E-state index contributed by atoms with van der Waals surface area (Å²) in [5, 5.41) is 2.16. The molecule has 2 aromatic heterocycles. The molecule has 0 unspecified atom stereocenters. The zero-order chi connectivity index (χ0) is 34.8. The monoisotopic (exact) mass is 667 g/mol. The number of fused-ring (bicyclic) bond motifs is 6. The van der Waals surface area contributed by atoms with Crippen molar-refractivity contribution in [2.45, 2.75) is 19.3 Å². The Morgan fingerprint density at radius 2 is 1.00 bits per heavy atom. The number of rotatable bonds is 5. The molecule has 52 heavy (non-hydrogen) atoms. The highest BCUT2D eigenvalue weighted by Gasteiger charge is 2.39. The van der Waals surface area contributed by atoms with E-state index in [4.69, 9.17) is 19.4 Å². The van der Waals surface area contributed by atoms with Crippen molar-refractivity contribution in [2.75, 3.05) is 0 Å². The molecule has 0 atom stereocenters. The van der Waals surface area contributed by atoms with E-state index in [0.717, 1.165) is 49.8 Å². The Labute approximate surface area is 302 Å². The van der Waals surface area contributed by atoms with Crippen LogP contribution < -0.4 is 0 Å². The van der Waals surface area contributed by atoms with Crippen LogP contribution in [0.3, 0.4) is 0 Å². The predicted octanol–water partition coefficient (Wildman–Crippen LogP) is 12.4. The van der Waals surface area contributed by atoms with Crippen molar-refractivity contribution < 1.29 is 4.42 Å². The maximum absolute atomic E-state index is 6.51. The van der Waals surface area contributed by atoms with Crippen molar-refractivity contribution >= 4 is 21.9 Å². The van der Waals surface area contributed by atoms with Gasteiger partial charge in [0.25, 0.3) is 0 Å². The molecule has 0 saturated heterocycles. The molecule has 2 heterocycles. The Hall–Kier alpha value is -6.65. The summed E-state index contributed by atoms with van der Waals surface area (Å²) >= 11 is 0. The molecule has 10 rings (SSSR count). The molecule has 0 saturated carbocycles. The van der Waals surface area contributed by atoms with E-state index in [-0.39, 0.29) is 5.41 Å². The Morgan fingerprint density at radius 1 is 0.423 bits per heavy atom. The largest absolute Gasteiger partial charge is 0.456 e. The van der Waals surface area contributed by atoms with Crippen molar-refractivity contribution in [3.8, 4) is 67.5 Å². The summed E-state index contributed by atoms with van der Waals surface area (Å²) in [4.78, 5) is 15.6. The maximum atomic E-state index is 6.51. The van der Waals surface area contributed by atoms with Gasteiger partial charge < -0.3 is 4.42 Å². The second-order valence-corrected chi connectivity index (χ2v) is 14.0. The molecule has 0 N–H and O–H groups in total. The van der Waals surface area contributed by atoms with Crippen LogP contribution in [-0.2, 0) is 5.41 Å². The van der Waals surface area contributed by atoms with Crippen LogP contribution in [0.2, 0.25) is 0 Å². The van der Waals surface area contributed by atoms with Crippen LogP contribution in [0.5, 0.6) is 0 Å². The van der Waals surface area contributed by atoms with E-state index >= 15 is 0 Å². The SMILES string of the molecule is CC1(C)c2ccccc2-c2c(-c3ccccc3)ccc(-c3nc(-c4ccccc4)nc(-c4ccc5c(c4)oc4cccc(-c6ccccc6)c45)n3)c21. The topological polar surface area (TPSA) is 51.8 Å². The number of aromatic nitrogens is 3. The van der Waals surface area contributed by atoms with E-state index in [1.54, 1.807) is 0 Å². The lowest BCUT2D eigenvalue weighted by molar-refractivity contribution is 0.661. The average molecular weight is 668 g/mol. The van der Waals surface area contributed by atoms with Crippen LogP contribution in [0.15, 0.2) is 168 Å². The van der Waals surface area contributed by atoms with Gasteiger partial charge in [-0.3, -0.25) is 0 Å². The van der Waals surface area contributed by atoms with Gasteiger partial charge in [-0.1, -0.05) is 159 Å². The summed E-state index contributed by atoms with van der Waals surface area (Å²) in [6.07, 6.45) is 0. The number of nitrogens with zero attached hydrogens (tertiary/aromatic N) is 3. The highest BCUT2D eigenvalue weighted by molar-refractivity contribution is 6.13. The van der Waals surface area contributed by atoms with Gasteiger partial charge in [0.1, 0.15) is 11.2 Å². The summed E-state index contributed by atoms with van der Waals surface area (Å²) < 4.78 is 6.51. The van der Waals surface area contributed by atoms with Crippen LogP contribution in [0.1, 0.15) is 25.0 Å². The first-order valence-electron chi connectivity index (χ1n) is 17.7. The molecule has 1 aliphatic carbocycles. The molecule has 4 nitrogen and oxygen atoms in total. The second kappa shape index (κ2) is 11.7.